The number of hydrogen-bond donors (Lipinski definition) is 1. The van der Waals surface area contributed by atoms with Crippen LogP contribution in [0.2, 0.25) is 0 Å². The monoisotopic (exact) mass is 246 g/mol. The molecule has 1 saturated heterocycles. The number of anilines is 1. The lowest BCUT2D eigenvalue weighted by Crippen LogP contribution is -2.35. The summed E-state index contributed by atoms with van der Waals surface area (Å²) in [5.41, 5.74) is 0.733. The Balaban J connectivity index is 1.77. The summed E-state index contributed by atoms with van der Waals surface area (Å²) in [6.45, 7) is 3.23. The molecule has 94 valence electrons. The van der Waals surface area contributed by atoms with Crippen LogP contribution in [0.3, 0.4) is 0 Å². The standard InChI is InChI=1S/C11H14N6O/c1-8(18)13-9-4-5-16(6-9)11-3-2-10-14-12-7-17(10)15-11/h2-3,7,9H,4-6H2,1H3,(H,13,18). The van der Waals surface area contributed by atoms with Gasteiger partial charge in [-0.05, 0) is 18.6 Å². The van der Waals surface area contributed by atoms with Crippen molar-refractivity contribution in [3.05, 3.63) is 18.5 Å². The van der Waals surface area contributed by atoms with Gasteiger partial charge in [-0.2, -0.15) is 4.52 Å². The molecule has 2 aromatic rings. The maximum atomic E-state index is 11.0. The zero-order valence-electron chi connectivity index (χ0n) is 10.1. The Labute approximate surface area is 104 Å². The van der Waals surface area contributed by atoms with Crippen LogP contribution in [0.1, 0.15) is 13.3 Å². The molecular weight excluding hydrogens is 232 g/mol. The maximum absolute atomic E-state index is 11.0. The Morgan fingerprint density at radius 2 is 2.39 bits per heavy atom. The SMILES string of the molecule is CC(=O)NC1CCN(c2ccc3nncn3n2)C1. The van der Waals surface area contributed by atoms with Gasteiger partial charge in [-0.3, -0.25) is 4.79 Å². The van der Waals surface area contributed by atoms with Gasteiger partial charge in [0.1, 0.15) is 12.1 Å². The number of fused-ring (bicyclic) bond motifs is 1. The lowest BCUT2D eigenvalue weighted by atomic mass is 10.3. The highest BCUT2D eigenvalue weighted by Crippen LogP contribution is 2.17. The molecule has 7 heteroatoms. The van der Waals surface area contributed by atoms with E-state index in [1.165, 1.54) is 0 Å². The molecule has 0 saturated carbocycles. The summed E-state index contributed by atoms with van der Waals surface area (Å²) in [7, 11) is 0. The van der Waals surface area contributed by atoms with Gasteiger partial charge in [0.2, 0.25) is 5.91 Å². The Morgan fingerprint density at radius 1 is 1.50 bits per heavy atom. The van der Waals surface area contributed by atoms with Gasteiger partial charge in [-0.25, -0.2) is 0 Å². The fraction of sp³-hybridized carbons (Fsp3) is 0.455. The minimum Gasteiger partial charge on any atom is -0.353 e. The van der Waals surface area contributed by atoms with Crippen LogP contribution in [0.15, 0.2) is 18.5 Å². The Kier molecular flexibility index (Phi) is 2.58. The maximum Gasteiger partial charge on any atom is 0.217 e. The van der Waals surface area contributed by atoms with Crippen molar-refractivity contribution in [1.29, 1.82) is 0 Å². The molecule has 1 unspecified atom stereocenters. The number of carbonyl (C=O) groups excluding carboxylic acids is 1. The molecule has 1 N–H and O–H groups in total. The molecule has 18 heavy (non-hydrogen) atoms. The second kappa shape index (κ2) is 4.25. The van der Waals surface area contributed by atoms with Gasteiger partial charge < -0.3 is 10.2 Å². The van der Waals surface area contributed by atoms with Crippen LogP contribution in [0.4, 0.5) is 5.82 Å². The molecule has 2 aromatic heterocycles. The molecule has 0 aromatic carbocycles. The average molecular weight is 246 g/mol. The van der Waals surface area contributed by atoms with Crippen LogP contribution in [0.25, 0.3) is 5.65 Å². The van der Waals surface area contributed by atoms with Crippen LogP contribution in [0.5, 0.6) is 0 Å². The first-order valence-corrected chi connectivity index (χ1v) is 5.91. The summed E-state index contributed by atoms with van der Waals surface area (Å²) >= 11 is 0. The molecule has 3 heterocycles. The van der Waals surface area contributed by atoms with Gasteiger partial charge >= 0.3 is 0 Å². The second-order valence-electron chi connectivity index (χ2n) is 4.46. The molecular formula is C11H14N6O. The number of carbonyl (C=O) groups is 1. The normalized spacial score (nSPS) is 19.4. The van der Waals surface area contributed by atoms with Gasteiger partial charge in [-0.15, -0.1) is 15.3 Å². The number of rotatable bonds is 2. The predicted octanol–water partition coefficient (Wildman–Crippen LogP) is -0.161. The second-order valence-corrected chi connectivity index (χ2v) is 4.46. The van der Waals surface area contributed by atoms with Gasteiger partial charge in [-0.1, -0.05) is 0 Å². The van der Waals surface area contributed by atoms with Crippen molar-refractivity contribution in [3.63, 3.8) is 0 Å². The minimum atomic E-state index is 0.0177. The summed E-state index contributed by atoms with van der Waals surface area (Å²) in [6.07, 6.45) is 2.53. The summed E-state index contributed by atoms with van der Waals surface area (Å²) in [5, 5.41) is 15.1. The fourth-order valence-electron chi connectivity index (χ4n) is 2.26. The average Bonchev–Trinajstić information content (AvgIpc) is 2.95. The van der Waals surface area contributed by atoms with E-state index in [1.807, 2.05) is 12.1 Å². The highest BCUT2D eigenvalue weighted by Gasteiger charge is 2.24. The molecule has 1 aliphatic rings. The van der Waals surface area contributed by atoms with E-state index in [1.54, 1.807) is 17.8 Å². The van der Waals surface area contributed by atoms with Crippen molar-refractivity contribution in [3.8, 4) is 0 Å². The fourth-order valence-corrected chi connectivity index (χ4v) is 2.26. The first-order chi connectivity index (χ1) is 8.72. The lowest BCUT2D eigenvalue weighted by Gasteiger charge is -2.17. The number of hydrogen-bond acceptors (Lipinski definition) is 5. The molecule has 7 nitrogen and oxygen atoms in total. The summed E-state index contributed by atoms with van der Waals surface area (Å²) in [4.78, 5) is 13.2. The molecule has 0 spiro atoms. The van der Waals surface area contributed by atoms with E-state index in [9.17, 15) is 4.79 Å². The molecule has 0 bridgehead atoms. The number of nitrogens with zero attached hydrogens (tertiary/aromatic N) is 5. The molecule has 1 amide bonds. The third kappa shape index (κ3) is 1.99. The van der Waals surface area contributed by atoms with Crippen LogP contribution in [-0.4, -0.2) is 44.8 Å². The van der Waals surface area contributed by atoms with Crippen LogP contribution in [-0.2, 0) is 4.79 Å². The highest BCUT2D eigenvalue weighted by atomic mass is 16.1. The first kappa shape index (κ1) is 10.9. The van der Waals surface area contributed by atoms with Gasteiger partial charge in [0.05, 0.1) is 0 Å². The molecule has 0 radical (unpaired) electrons. The topological polar surface area (TPSA) is 75.4 Å². The highest BCUT2D eigenvalue weighted by molar-refractivity contribution is 5.73. The zero-order chi connectivity index (χ0) is 12.5. The number of nitrogens with one attached hydrogen (secondary N) is 1. The van der Waals surface area contributed by atoms with E-state index in [4.69, 9.17) is 0 Å². The van der Waals surface area contributed by atoms with E-state index in [0.29, 0.717) is 0 Å². The summed E-state index contributed by atoms with van der Waals surface area (Å²) in [6, 6.07) is 4.03. The Bertz CT molecular complexity index is 580. The number of aromatic nitrogens is 4. The van der Waals surface area contributed by atoms with Crippen molar-refractivity contribution in [2.75, 3.05) is 18.0 Å². The molecule has 1 aliphatic heterocycles. The van der Waals surface area contributed by atoms with Crippen molar-refractivity contribution >= 4 is 17.4 Å². The van der Waals surface area contributed by atoms with Crippen LogP contribution >= 0.6 is 0 Å². The van der Waals surface area contributed by atoms with E-state index in [2.05, 4.69) is 25.5 Å². The molecule has 1 fully saturated rings. The van der Waals surface area contributed by atoms with E-state index in [-0.39, 0.29) is 11.9 Å². The third-order valence-corrected chi connectivity index (χ3v) is 3.07. The zero-order valence-corrected chi connectivity index (χ0v) is 10.1. The molecule has 1 atom stereocenters. The summed E-state index contributed by atoms with van der Waals surface area (Å²) in [5.74, 6) is 0.902. The quantitative estimate of drug-likeness (QED) is 0.797. The number of amides is 1. The van der Waals surface area contributed by atoms with Gasteiger partial charge in [0, 0.05) is 26.1 Å². The van der Waals surface area contributed by atoms with Crippen LogP contribution in [0, 0.1) is 0 Å². The summed E-state index contributed by atoms with van der Waals surface area (Å²) < 4.78 is 1.65. The lowest BCUT2D eigenvalue weighted by molar-refractivity contribution is -0.119. The van der Waals surface area contributed by atoms with E-state index < -0.39 is 0 Å². The van der Waals surface area contributed by atoms with Gasteiger partial charge in [0.25, 0.3) is 0 Å². The van der Waals surface area contributed by atoms with Crippen molar-refractivity contribution < 1.29 is 4.79 Å². The van der Waals surface area contributed by atoms with E-state index in [0.717, 1.165) is 31.0 Å². The van der Waals surface area contributed by atoms with E-state index >= 15 is 0 Å². The first-order valence-electron chi connectivity index (χ1n) is 5.91. The minimum absolute atomic E-state index is 0.0177. The van der Waals surface area contributed by atoms with Crippen molar-refractivity contribution in [1.82, 2.24) is 25.1 Å². The predicted molar refractivity (Wildman–Crippen MR) is 65.2 cm³/mol. The molecule has 0 aliphatic carbocycles. The van der Waals surface area contributed by atoms with Crippen molar-refractivity contribution in [2.24, 2.45) is 0 Å². The smallest absolute Gasteiger partial charge is 0.217 e. The van der Waals surface area contributed by atoms with Gasteiger partial charge in [0.15, 0.2) is 5.65 Å². The largest absolute Gasteiger partial charge is 0.353 e. The van der Waals surface area contributed by atoms with Crippen molar-refractivity contribution in [2.45, 2.75) is 19.4 Å². The third-order valence-electron chi connectivity index (χ3n) is 3.07. The Hall–Kier alpha value is -2.18. The molecule has 3 rings (SSSR count). The Morgan fingerprint density at radius 3 is 3.22 bits per heavy atom. The van der Waals surface area contributed by atoms with Crippen LogP contribution < -0.4 is 10.2 Å².